The highest BCUT2D eigenvalue weighted by Gasteiger charge is 2.30. The highest BCUT2D eigenvalue weighted by atomic mass is 31.2. The smallest absolute Gasteiger partial charge is 0.462 e. The van der Waals surface area contributed by atoms with Gasteiger partial charge in [0.25, 0.3) is 0 Å². The normalized spacial score (nSPS) is 14.1. The molecule has 0 amide bonds. The molecule has 0 aromatic carbocycles. The third-order valence-electron chi connectivity index (χ3n) is 17.4. The molecule has 0 bridgehead atoms. The van der Waals surface area contributed by atoms with Crippen LogP contribution in [-0.4, -0.2) is 96.7 Å². The van der Waals surface area contributed by atoms with Gasteiger partial charge in [0.15, 0.2) is 12.2 Å². The summed E-state index contributed by atoms with van der Waals surface area (Å²) in [5, 5.41) is 10.6. The number of carbonyl (C=O) groups is 4. The molecule has 17 nitrogen and oxygen atoms in total. The number of carbonyl (C=O) groups excluding carboxylic acids is 4. The van der Waals surface area contributed by atoms with E-state index in [0.29, 0.717) is 31.6 Å². The van der Waals surface area contributed by atoms with Crippen LogP contribution in [0.5, 0.6) is 0 Å². The van der Waals surface area contributed by atoms with E-state index in [-0.39, 0.29) is 25.7 Å². The molecule has 0 aliphatic rings. The molecule has 2 unspecified atom stereocenters. The maximum absolute atomic E-state index is 13.1. The van der Waals surface area contributed by atoms with Crippen LogP contribution >= 0.6 is 15.6 Å². The SMILES string of the molecule is CCCCCCCCCCCCCCCCC(=O)OC[C@H](COP(=O)(O)OC[C@@H](O)COP(=O)(O)OC[C@@H](COC(=O)CCCCCCCCCC(C)C)OC(=O)CCCCCCCCCCC(C)C)OC(=O)CCCCCCCCCCCCCCCCCCC(C)C. The predicted octanol–water partition coefficient (Wildman–Crippen LogP) is 21.8. The summed E-state index contributed by atoms with van der Waals surface area (Å²) in [4.78, 5) is 72.7. The van der Waals surface area contributed by atoms with E-state index in [1.165, 1.54) is 186 Å². The van der Waals surface area contributed by atoms with Crippen LogP contribution in [0.2, 0.25) is 0 Å². The highest BCUT2D eigenvalue weighted by Crippen LogP contribution is 2.45. The van der Waals surface area contributed by atoms with Crippen LogP contribution in [0, 0.1) is 17.8 Å². The van der Waals surface area contributed by atoms with Gasteiger partial charge in [-0.25, -0.2) is 9.13 Å². The minimum Gasteiger partial charge on any atom is -0.462 e. The van der Waals surface area contributed by atoms with Crippen molar-refractivity contribution in [3.8, 4) is 0 Å². The maximum Gasteiger partial charge on any atom is 0.472 e. The molecular formula is C75H146O17P2. The molecule has 0 radical (unpaired) electrons. The van der Waals surface area contributed by atoms with Crippen LogP contribution in [0.3, 0.4) is 0 Å². The second-order valence-electron chi connectivity index (χ2n) is 28.5. The molecule has 0 rings (SSSR count). The molecule has 0 aromatic heterocycles. The van der Waals surface area contributed by atoms with E-state index in [1.54, 1.807) is 0 Å². The summed E-state index contributed by atoms with van der Waals surface area (Å²) in [5.41, 5.74) is 0. The molecule has 19 heteroatoms. The summed E-state index contributed by atoms with van der Waals surface area (Å²) in [6.45, 7) is 11.8. The number of hydrogen-bond donors (Lipinski definition) is 3. The number of unbranched alkanes of at least 4 members (excludes halogenated alkanes) is 41. The van der Waals surface area contributed by atoms with Gasteiger partial charge in [-0.3, -0.25) is 37.3 Å². The Morgan fingerprint density at radius 3 is 0.723 bits per heavy atom. The summed E-state index contributed by atoms with van der Waals surface area (Å²) < 4.78 is 68.4. The first kappa shape index (κ1) is 92.1. The number of phosphoric ester groups is 2. The molecule has 94 heavy (non-hydrogen) atoms. The van der Waals surface area contributed by atoms with E-state index in [9.17, 15) is 43.2 Å². The standard InChI is InChI=1S/C75H146O17P2/c1-8-9-10-11-12-13-14-15-21-24-27-35-42-49-56-72(77)85-62-70(91-74(79)58-51-44-36-28-25-22-19-17-16-18-20-23-26-32-39-46-53-66(2)3)64-89-93(81,82)87-60-69(76)61-88-94(83,84)90-65-71(63-86-73(78)57-50-43-38-31-34-41-48-55-68(6)7)92-75(80)59-52-45-37-30-29-33-40-47-54-67(4)5/h66-71,76H,8-65H2,1-7H3,(H,81,82)(H,83,84)/t69-,70-,71-/m1/s1. The largest absolute Gasteiger partial charge is 0.472 e. The van der Waals surface area contributed by atoms with Gasteiger partial charge in [-0.1, -0.05) is 331 Å². The van der Waals surface area contributed by atoms with Crippen LogP contribution in [0.1, 0.15) is 382 Å². The van der Waals surface area contributed by atoms with E-state index in [0.717, 1.165) is 108 Å². The van der Waals surface area contributed by atoms with E-state index < -0.39 is 97.5 Å². The molecule has 3 N–H and O–H groups in total. The van der Waals surface area contributed by atoms with Crippen LogP contribution in [0.25, 0.3) is 0 Å². The molecule has 558 valence electrons. The average molecular weight is 1380 g/mol. The molecular weight excluding hydrogens is 1230 g/mol. The van der Waals surface area contributed by atoms with Crippen molar-refractivity contribution >= 4 is 39.5 Å². The summed E-state index contributed by atoms with van der Waals surface area (Å²) in [6, 6.07) is 0. The summed E-state index contributed by atoms with van der Waals surface area (Å²) in [5.74, 6) is 0.112. The third-order valence-corrected chi connectivity index (χ3v) is 19.3. The Kier molecular flexibility index (Phi) is 64.3. The zero-order valence-corrected chi connectivity index (χ0v) is 63.2. The molecule has 0 aromatic rings. The lowest BCUT2D eigenvalue weighted by atomic mass is 10.0. The van der Waals surface area contributed by atoms with Gasteiger partial charge in [-0.15, -0.1) is 0 Å². The van der Waals surface area contributed by atoms with Crippen molar-refractivity contribution in [2.75, 3.05) is 39.6 Å². The van der Waals surface area contributed by atoms with Crippen LogP contribution < -0.4 is 0 Å². The number of rotatable bonds is 73. The predicted molar refractivity (Wildman–Crippen MR) is 381 cm³/mol. The Bertz CT molecular complexity index is 1840. The zero-order chi connectivity index (χ0) is 69.4. The second-order valence-corrected chi connectivity index (χ2v) is 31.4. The van der Waals surface area contributed by atoms with Gasteiger partial charge in [0, 0.05) is 25.7 Å². The first-order valence-corrected chi connectivity index (χ1v) is 41.8. The number of aliphatic hydroxyl groups is 1. The average Bonchev–Trinajstić information content (AvgIpc) is 1.31. The fourth-order valence-corrected chi connectivity index (χ4v) is 13.0. The van der Waals surface area contributed by atoms with Crippen molar-refractivity contribution < 1.29 is 80.2 Å². The van der Waals surface area contributed by atoms with Crippen molar-refractivity contribution in [3.63, 3.8) is 0 Å². The lowest BCUT2D eigenvalue weighted by molar-refractivity contribution is -0.161. The van der Waals surface area contributed by atoms with Gasteiger partial charge in [0.1, 0.15) is 19.3 Å². The fourth-order valence-electron chi connectivity index (χ4n) is 11.4. The number of aliphatic hydroxyl groups excluding tert-OH is 1. The molecule has 5 atom stereocenters. The third kappa shape index (κ3) is 68.6. The Balaban J connectivity index is 5.23. The first-order chi connectivity index (χ1) is 45.2. The molecule has 0 saturated heterocycles. The summed E-state index contributed by atoms with van der Waals surface area (Å²) >= 11 is 0. The number of phosphoric acid groups is 2. The molecule has 0 aliphatic carbocycles. The highest BCUT2D eigenvalue weighted by molar-refractivity contribution is 7.47. The molecule has 0 heterocycles. The Morgan fingerprint density at radius 1 is 0.287 bits per heavy atom. The van der Waals surface area contributed by atoms with Gasteiger partial charge < -0.3 is 33.8 Å². The molecule has 0 aliphatic heterocycles. The Hall–Kier alpha value is -1.94. The quantitative estimate of drug-likeness (QED) is 0.0222. The first-order valence-electron chi connectivity index (χ1n) is 38.8. The van der Waals surface area contributed by atoms with E-state index >= 15 is 0 Å². The van der Waals surface area contributed by atoms with Gasteiger partial charge in [-0.05, 0) is 43.4 Å². The Labute approximate surface area is 575 Å². The van der Waals surface area contributed by atoms with Crippen molar-refractivity contribution in [1.29, 1.82) is 0 Å². The van der Waals surface area contributed by atoms with Gasteiger partial charge in [-0.2, -0.15) is 0 Å². The number of ether oxygens (including phenoxy) is 4. The van der Waals surface area contributed by atoms with Gasteiger partial charge in [0.05, 0.1) is 26.4 Å². The lowest BCUT2D eigenvalue weighted by Crippen LogP contribution is -2.30. The molecule has 0 spiro atoms. The second kappa shape index (κ2) is 65.7. The molecule has 0 fully saturated rings. The minimum absolute atomic E-state index is 0.104. The van der Waals surface area contributed by atoms with Crippen LogP contribution in [-0.2, 0) is 65.4 Å². The topological polar surface area (TPSA) is 237 Å². The summed E-state index contributed by atoms with van der Waals surface area (Å²) in [6.07, 6.45) is 51.5. The van der Waals surface area contributed by atoms with Crippen LogP contribution in [0.15, 0.2) is 0 Å². The lowest BCUT2D eigenvalue weighted by Gasteiger charge is -2.21. The van der Waals surface area contributed by atoms with Crippen molar-refractivity contribution in [1.82, 2.24) is 0 Å². The van der Waals surface area contributed by atoms with Crippen LogP contribution in [0.4, 0.5) is 0 Å². The van der Waals surface area contributed by atoms with Gasteiger partial charge >= 0.3 is 39.5 Å². The number of esters is 4. The number of hydrogen-bond acceptors (Lipinski definition) is 15. The van der Waals surface area contributed by atoms with Crippen molar-refractivity contribution in [3.05, 3.63) is 0 Å². The molecule has 0 saturated carbocycles. The van der Waals surface area contributed by atoms with E-state index in [1.807, 2.05) is 0 Å². The fraction of sp³-hybridized carbons (Fsp3) is 0.947. The monoisotopic (exact) mass is 1380 g/mol. The van der Waals surface area contributed by atoms with Crippen molar-refractivity contribution in [2.45, 2.75) is 401 Å². The minimum atomic E-state index is -4.96. The Morgan fingerprint density at radius 2 is 0.489 bits per heavy atom. The maximum atomic E-state index is 13.1. The zero-order valence-electron chi connectivity index (χ0n) is 61.4. The van der Waals surface area contributed by atoms with Gasteiger partial charge in [0.2, 0.25) is 0 Å². The van der Waals surface area contributed by atoms with Crippen molar-refractivity contribution in [2.24, 2.45) is 17.8 Å². The van der Waals surface area contributed by atoms with E-state index in [4.69, 9.17) is 37.0 Å². The van der Waals surface area contributed by atoms with E-state index in [2.05, 4.69) is 48.5 Å². The summed E-state index contributed by atoms with van der Waals surface area (Å²) in [7, 11) is -9.91.